The highest BCUT2D eigenvalue weighted by molar-refractivity contribution is 7.90. The maximum Gasteiger partial charge on any atom is 0.410 e. The van der Waals surface area contributed by atoms with E-state index < -0.39 is 21.9 Å². The van der Waals surface area contributed by atoms with Crippen molar-refractivity contribution in [2.45, 2.75) is 50.4 Å². The second kappa shape index (κ2) is 9.62. The van der Waals surface area contributed by atoms with Gasteiger partial charge in [-0.1, -0.05) is 6.07 Å². The monoisotopic (exact) mass is 443 g/mol. The average molecular weight is 444 g/mol. The van der Waals surface area contributed by atoms with Crippen LogP contribution in [0, 0.1) is 17.7 Å². The summed E-state index contributed by atoms with van der Waals surface area (Å²) in [5.41, 5.74) is 0.468. The van der Waals surface area contributed by atoms with Gasteiger partial charge in [0.2, 0.25) is 0 Å². The minimum absolute atomic E-state index is 0.115. The van der Waals surface area contributed by atoms with Gasteiger partial charge in [-0.15, -0.1) is 0 Å². The summed E-state index contributed by atoms with van der Waals surface area (Å²) in [7, 11) is -3.61. The van der Waals surface area contributed by atoms with Gasteiger partial charge in [-0.2, -0.15) is 0 Å². The summed E-state index contributed by atoms with van der Waals surface area (Å²) >= 11 is 0. The van der Waals surface area contributed by atoms with Crippen LogP contribution in [-0.4, -0.2) is 58.1 Å². The lowest BCUT2D eigenvalue weighted by Gasteiger charge is -2.35. The van der Waals surface area contributed by atoms with E-state index in [0.717, 1.165) is 31.6 Å². The molecule has 2 heterocycles. The highest BCUT2D eigenvalue weighted by Crippen LogP contribution is 2.32. The lowest BCUT2D eigenvalue weighted by molar-refractivity contribution is -0.208. The molecule has 0 N–H and O–H groups in total. The minimum Gasteiger partial charge on any atom is -0.447 e. The maximum atomic E-state index is 14.1. The predicted octanol–water partition coefficient (Wildman–Crippen LogP) is 3.54. The number of carbonyl (C=O) groups excluding carboxylic acids is 1. The van der Waals surface area contributed by atoms with Gasteiger partial charge < -0.3 is 19.1 Å². The SMILES string of the molecule is CC(C)OC(=O)N1CCC(CC2COC(c3ccc(S(C)(=O)=O)c(F)c3)OC2)CC1. The van der Waals surface area contributed by atoms with E-state index in [0.29, 0.717) is 37.8 Å². The Hall–Kier alpha value is -1.71. The van der Waals surface area contributed by atoms with Crippen molar-refractivity contribution in [3.63, 3.8) is 0 Å². The molecule has 0 spiro atoms. The van der Waals surface area contributed by atoms with Crippen LogP contribution in [0.25, 0.3) is 0 Å². The number of amides is 1. The van der Waals surface area contributed by atoms with E-state index in [1.807, 2.05) is 13.8 Å². The van der Waals surface area contributed by atoms with Crippen LogP contribution in [0.15, 0.2) is 23.1 Å². The highest BCUT2D eigenvalue weighted by Gasteiger charge is 2.30. The lowest BCUT2D eigenvalue weighted by Crippen LogP contribution is -2.40. The number of nitrogens with zero attached hydrogens (tertiary/aromatic N) is 1. The molecule has 2 saturated heterocycles. The summed E-state index contributed by atoms with van der Waals surface area (Å²) in [6.45, 7) is 6.06. The van der Waals surface area contributed by atoms with Crippen molar-refractivity contribution in [1.82, 2.24) is 4.90 Å². The molecule has 2 aliphatic heterocycles. The van der Waals surface area contributed by atoms with Crippen molar-refractivity contribution < 1.29 is 31.8 Å². The second-order valence-electron chi connectivity index (χ2n) is 8.43. The first kappa shape index (κ1) is 23.0. The molecule has 3 rings (SSSR count). The van der Waals surface area contributed by atoms with Crippen LogP contribution in [-0.2, 0) is 24.0 Å². The molecule has 2 fully saturated rings. The number of halogens is 1. The Kier molecular flexibility index (Phi) is 7.36. The third-order valence-electron chi connectivity index (χ3n) is 5.47. The molecule has 7 nitrogen and oxygen atoms in total. The van der Waals surface area contributed by atoms with E-state index in [4.69, 9.17) is 14.2 Å². The first-order valence-corrected chi connectivity index (χ1v) is 12.2. The van der Waals surface area contributed by atoms with Gasteiger partial charge >= 0.3 is 6.09 Å². The molecule has 0 bridgehead atoms. The number of carbonyl (C=O) groups is 1. The fraction of sp³-hybridized carbons (Fsp3) is 0.667. The predicted molar refractivity (Wildman–Crippen MR) is 108 cm³/mol. The van der Waals surface area contributed by atoms with Crippen molar-refractivity contribution in [2.24, 2.45) is 11.8 Å². The van der Waals surface area contributed by atoms with E-state index >= 15 is 0 Å². The van der Waals surface area contributed by atoms with Crippen molar-refractivity contribution in [1.29, 1.82) is 0 Å². The Balaban J connectivity index is 1.45. The molecule has 0 aliphatic carbocycles. The Labute approximate surface area is 177 Å². The van der Waals surface area contributed by atoms with Gasteiger partial charge in [-0.25, -0.2) is 17.6 Å². The van der Waals surface area contributed by atoms with Crippen molar-refractivity contribution >= 4 is 15.9 Å². The summed E-state index contributed by atoms with van der Waals surface area (Å²) in [6.07, 6.45) is 2.70. The number of hydrogen-bond acceptors (Lipinski definition) is 6. The average Bonchev–Trinajstić information content (AvgIpc) is 2.67. The Morgan fingerprint density at radius 1 is 1.20 bits per heavy atom. The van der Waals surface area contributed by atoms with Gasteiger partial charge in [0.25, 0.3) is 0 Å². The molecule has 0 atom stereocenters. The van der Waals surface area contributed by atoms with Crippen LogP contribution in [0.4, 0.5) is 9.18 Å². The molecule has 9 heteroatoms. The standard InChI is InChI=1S/C21H30FNO6S/c1-14(2)29-21(24)23-8-6-15(7-9-23)10-16-12-27-20(28-13-16)17-4-5-19(18(22)11-17)30(3,25)26/h4-5,11,14-16,20H,6-10,12-13H2,1-3H3. The number of benzene rings is 1. The van der Waals surface area contributed by atoms with Crippen LogP contribution < -0.4 is 0 Å². The van der Waals surface area contributed by atoms with Crippen molar-refractivity contribution in [3.8, 4) is 0 Å². The number of ether oxygens (including phenoxy) is 3. The zero-order chi connectivity index (χ0) is 21.9. The van der Waals surface area contributed by atoms with Crippen molar-refractivity contribution in [3.05, 3.63) is 29.6 Å². The van der Waals surface area contributed by atoms with Gasteiger partial charge in [-0.3, -0.25) is 0 Å². The molecule has 1 aromatic carbocycles. The molecular weight excluding hydrogens is 413 g/mol. The Morgan fingerprint density at radius 3 is 2.37 bits per heavy atom. The first-order chi connectivity index (χ1) is 14.1. The third-order valence-corrected chi connectivity index (χ3v) is 6.60. The molecule has 1 aromatic rings. The van der Waals surface area contributed by atoms with Crippen LogP contribution >= 0.6 is 0 Å². The number of rotatable bonds is 5. The topological polar surface area (TPSA) is 82.1 Å². The largest absolute Gasteiger partial charge is 0.447 e. The fourth-order valence-corrected chi connectivity index (χ4v) is 4.66. The van der Waals surface area contributed by atoms with E-state index in [1.165, 1.54) is 12.1 Å². The number of sulfone groups is 1. The van der Waals surface area contributed by atoms with Gasteiger partial charge in [-0.05, 0) is 51.2 Å². The summed E-state index contributed by atoms with van der Waals surface area (Å²) in [4.78, 5) is 13.4. The zero-order valence-corrected chi connectivity index (χ0v) is 18.5. The van der Waals surface area contributed by atoms with E-state index in [2.05, 4.69) is 0 Å². The van der Waals surface area contributed by atoms with Crippen molar-refractivity contribution in [2.75, 3.05) is 32.6 Å². The summed E-state index contributed by atoms with van der Waals surface area (Å²) < 4.78 is 54.0. The van der Waals surface area contributed by atoms with Crippen LogP contribution in [0.3, 0.4) is 0 Å². The van der Waals surface area contributed by atoms with E-state index in [9.17, 15) is 17.6 Å². The van der Waals surface area contributed by atoms with Gasteiger partial charge in [0, 0.05) is 30.8 Å². The number of likely N-dealkylation sites (tertiary alicyclic amines) is 1. The molecule has 0 aromatic heterocycles. The Bertz CT molecular complexity index is 843. The number of hydrogen-bond donors (Lipinski definition) is 0. The van der Waals surface area contributed by atoms with Gasteiger partial charge in [0.1, 0.15) is 10.7 Å². The van der Waals surface area contributed by atoms with Gasteiger partial charge in [0.05, 0.1) is 19.3 Å². The molecule has 0 unspecified atom stereocenters. The maximum absolute atomic E-state index is 14.1. The lowest BCUT2D eigenvalue weighted by atomic mass is 9.87. The molecule has 168 valence electrons. The molecule has 30 heavy (non-hydrogen) atoms. The number of piperidine rings is 1. The quantitative estimate of drug-likeness (QED) is 0.692. The third kappa shape index (κ3) is 5.92. The summed E-state index contributed by atoms with van der Waals surface area (Å²) in [5, 5.41) is 0. The van der Waals surface area contributed by atoms with Crippen LogP contribution in [0.5, 0.6) is 0 Å². The smallest absolute Gasteiger partial charge is 0.410 e. The summed E-state index contributed by atoms with van der Waals surface area (Å²) in [5.74, 6) is -0.0685. The molecule has 0 radical (unpaired) electrons. The molecular formula is C21H30FNO6S. The van der Waals surface area contributed by atoms with E-state index in [1.54, 1.807) is 4.90 Å². The Morgan fingerprint density at radius 2 is 1.83 bits per heavy atom. The molecule has 0 saturated carbocycles. The van der Waals surface area contributed by atoms with Crippen LogP contribution in [0.2, 0.25) is 0 Å². The second-order valence-corrected chi connectivity index (χ2v) is 10.4. The molecule has 2 aliphatic rings. The normalized spacial score (nSPS) is 23.6. The zero-order valence-electron chi connectivity index (χ0n) is 17.7. The van der Waals surface area contributed by atoms with E-state index in [-0.39, 0.29) is 23.0 Å². The summed E-state index contributed by atoms with van der Waals surface area (Å²) in [6, 6.07) is 3.93. The minimum atomic E-state index is -3.61. The fourth-order valence-electron chi connectivity index (χ4n) is 3.93. The van der Waals surface area contributed by atoms with Gasteiger partial charge in [0.15, 0.2) is 16.1 Å². The molecule has 1 amide bonds. The highest BCUT2D eigenvalue weighted by atomic mass is 32.2. The van der Waals surface area contributed by atoms with Crippen LogP contribution in [0.1, 0.15) is 45.0 Å². The first-order valence-electron chi connectivity index (χ1n) is 10.3.